The van der Waals surface area contributed by atoms with Gasteiger partial charge >= 0.3 is 5.97 Å². The number of nitrogens with one attached hydrogen (secondary N) is 1. The summed E-state index contributed by atoms with van der Waals surface area (Å²) in [5, 5.41) is 12.2. The third-order valence-corrected chi connectivity index (χ3v) is 3.21. The Morgan fingerprint density at radius 1 is 1.37 bits per heavy atom. The Balaban J connectivity index is 2.47. The van der Waals surface area contributed by atoms with Crippen LogP contribution in [0.5, 0.6) is 0 Å². The van der Waals surface area contributed by atoms with E-state index in [1.807, 2.05) is 13.0 Å². The maximum atomic E-state index is 11.7. The minimum atomic E-state index is -0.875. The quantitative estimate of drug-likeness (QED) is 0.808. The molecule has 1 amide bonds. The monoisotopic (exact) mass is 283 g/mol. The van der Waals surface area contributed by atoms with E-state index < -0.39 is 11.9 Å². The fraction of sp³-hybridized carbons (Fsp3) is 0.429. The molecule has 0 aliphatic heterocycles. The fourth-order valence-electron chi connectivity index (χ4n) is 1.78. The number of carbonyl (C=O) groups excluding carboxylic acids is 1. The lowest BCUT2D eigenvalue weighted by molar-refractivity contribution is -0.141. The second-order valence-corrected chi connectivity index (χ2v) is 4.80. The fourth-order valence-corrected chi connectivity index (χ4v) is 1.98. The molecule has 0 saturated carbocycles. The molecule has 0 aliphatic carbocycles. The number of hydrogen-bond acceptors (Lipinski definition) is 2. The summed E-state index contributed by atoms with van der Waals surface area (Å²) >= 11 is 5.96. The molecule has 0 saturated heterocycles. The third kappa shape index (κ3) is 5.30. The molecular weight excluding hydrogens is 266 g/mol. The molecular formula is C14H18ClNO3. The van der Waals surface area contributed by atoms with Crippen molar-refractivity contribution < 1.29 is 14.7 Å². The van der Waals surface area contributed by atoms with E-state index in [1.165, 1.54) is 0 Å². The average Bonchev–Trinajstić information content (AvgIpc) is 2.37. The predicted octanol–water partition coefficient (Wildman–Crippen LogP) is 2.50. The van der Waals surface area contributed by atoms with Crippen molar-refractivity contribution in [2.24, 2.45) is 5.92 Å². The summed E-state index contributed by atoms with van der Waals surface area (Å²) in [6, 6.07) is 7.11. The maximum absolute atomic E-state index is 11.7. The van der Waals surface area contributed by atoms with Crippen LogP contribution in [0.4, 0.5) is 0 Å². The smallest absolute Gasteiger partial charge is 0.308 e. The van der Waals surface area contributed by atoms with E-state index in [0.29, 0.717) is 11.4 Å². The van der Waals surface area contributed by atoms with Crippen LogP contribution in [0.2, 0.25) is 5.02 Å². The van der Waals surface area contributed by atoms with Gasteiger partial charge in [0.25, 0.3) is 0 Å². The van der Waals surface area contributed by atoms with Crippen LogP contribution in [-0.4, -0.2) is 23.5 Å². The number of rotatable bonds is 7. The summed E-state index contributed by atoms with van der Waals surface area (Å²) in [6.45, 7) is 2.08. The zero-order valence-corrected chi connectivity index (χ0v) is 11.6. The first kappa shape index (κ1) is 15.5. The predicted molar refractivity (Wildman–Crippen MR) is 74.2 cm³/mol. The molecule has 1 atom stereocenters. The SMILES string of the molecule is CCCC(CNC(=O)Cc1ccccc1Cl)C(=O)O. The maximum Gasteiger partial charge on any atom is 0.308 e. The molecule has 0 fully saturated rings. The van der Waals surface area contributed by atoms with Crippen molar-refractivity contribution in [2.45, 2.75) is 26.2 Å². The van der Waals surface area contributed by atoms with Gasteiger partial charge in [0.2, 0.25) is 5.91 Å². The van der Waals surface area contributed by atoms with E-state index in [4.69, 9.17) is 16.7 Å². The molecule has 0 radical (unpaired) electrons. The lowest BCUT2D eigenvalue weighted by atomic mass is 10.0. The second kappa shape index (κ2) is 7.79. The Morgan fingerprint density at radius 2 is 2.05 bits per heavy atom. The summed E-state index contributed by atoms with van der Waals surface area (Å²) in [7, 11) is 0. The van der Waals surface area contributed by atoms with Gasteiger partial charge in [-0.2, -0.15) is 0 Å². The summed E-state index contributed by atoms with van der Waals surface area (Å²) in [5.41, 5.74) is 0.740. The molecule has 1 rings (SSSR count). The molecule has 0 bridgehead atoms. The van der Waals surface area contributed by atoms with Gasteiger partial charge in [-0.15, -0.1) is 0 Å². The third-order valence-electron chi connectivity index (χ3n) is 2.84. The van der Waals surface area contributed by atoms with Crippen molar-refractivity contribution >= 4 is 23.5 Å². The lowest BCUT2D eigenvalue weighted by Gasteiger charge is -2.12. The van der Waals surface area contributed by atoms with Gasteiger partial charge in [-0.05, 0) is 18.1 Å². The standard InChI is InChI=1S/C14H18ClNO3/c1-2-5-11(14(18)19)9-16-13(17)8-10-6-3-4-7-12(10)15/h3-4,6-7,11H,2,5,8-9H2,1H3,(H,16,17)(H,18,19). The van der Waals surface area contributed by atoms with E-state index in [-0.39, 0.29) is 18.9 Å². The highest BCUT2D eigenvalue weighted by Gasteiger charge is 2.17. The topological polar surface area (TPSA) is 66.4 Å². The Kier molecular flexibility index (Phi) is 6.36. The molecule has 4 nitrogen and oxygen atoms in total. The van der Waals surface area contributed by atoms with Crippen LogP contribution in [0.15, 0.2) is 24.3 Å². The van der Waals surface area contributed by atoms with Gasteiger partial charge < -0.3 is 10.4 Å². The first-order valence-electron chi connectivity index (χ1n) is 6.27. The van der Waals surface area contributed by atoms with Gasteiger partial charge in [-0.3, -0.25) is 9.59 Å². The number of halogens is 1. The molecule has 0 heterocycles. The van der Waals surface area contributed by atoms with Crippen molar-refractivity contribution in [3.63, 3.8) is 0 Å². The highest BCUT2D eigenvalue weighted by molar-refractivity contribution is 6.31. The first-order chi connectivity index (χ1) is 9.04. The largest absolute Gasteiger partial charge is 0.481 e. The Labute approximate surface area is 117 Å². The van der Waals surface area contributed by atoms with E-state index in [0.717, 1.165) is 12.0 Å². The summed E-state index contributed by atoms with van der Waals surface area (Å²) in [6.07, 6.45) is 1.50. The number of carbonyl (C=O) groups is 2. The van der Waals surface area contributed by atoms with Crippen molar-refractivity contribution in [3.05, 3.63) is 34.9 Å². The number of carboxylic acid groups (broad SMARTS) is 1. The summed E-state index contributed by atoms with van der Waals surface area (Å²) in [4.78, 5) is 22.7. The zero-order chi connectivity index (χ0) is 14.3. The molecule has 1 unspecified atom stereocenters. The Hall–Kier alpha value is -1.55. The molecule has 19 heavy (non-hydrogen) atoms. The van der Waals surface area contributed by atoms with Gasteiger partial charge in [0.15, 0.2) is 0 Å². The van der Waals surface area contributed by atoms with Crippen LogP contribution in [-0.2, 0) is 16.0 Å². The van der Waals surface area contributed by atoms with E-state index in [2.05, 4.69) is 5.32 Å². The zero-order valence-electron chi connectivity index (χ0n) is 10.9. The molecule has 0 aliphatic rings. The number of amides is 1. The summed E-state index contributed by atoms with van der Waals surface area (Å²) in [5.74, 6) is -1.62. The molecule has 2 N–H and O–H groups in total. The second-order valence-electron chi connectivity index (χ2n) is 4.40. The van der Waals surface area contributed by atoms with Crippen molar-refractivity contribution in [3.8, 4) is 0 Å². The van der Waals surface area contributed by atoms with E-state index in [1.54, 1.807) is 18.2 Å². The molecule has 0 spiro atoms. The molecule has 1 aromatic rings. The van der Waals surface area contributed by atoms with Gasteiger partial charge in [0, 0.05) is 11.6 Å². The van der Waals surface area contributed by atoms with Crippen LogP contribution in [0.3, 0.4) is 0 Å². The van der Waals surface area contributed by atoms with Gasteiger partial charge in [0.1, 0.15) is 0 Å². The van der Waals surface area contributed by atoms with E-state index >= 15 is 0 Å². The van der Waals surface area contributed by atoms with Crippen molar-refractivity contribution in [2.75, 3.05) is 6.54 Å². The van der Waals surface area contributed by atoms with Crippen LogP contribution in [0.1, 0.15) is 25.3 Å². The number of carboxylic acids is 1. The average molecular weight is 284 g/mol. The van der Waals surface area contributed by atoms with Crippen LogP contribution < -0.4 is 5.32 Å². The van der Waals surface area contributed by atoms with Gasteiger partial charge in [-0.25, -0.2) is 0 Å². The molecule has 104 valence electrons. The van der Waals surface area contributed by atoms with Gasteiger partial charge in [-0.1, -0.05) is 43.1 Å². The number of benzene rings is 1. The van der Waals surface area contributed by atoms with E-state index in [9.17, 15) is 9.59 Å². The molecule has 0 aromatic heterocycles. The van der Waals surface area contributed by atoms with Crippen LogP contribution in [0, 0.1) is 5.92 Å². The van der Waals surface area contributed by atoms with Crippen molar-refractivity contribution in [1.82, 2.24) is 5.32 Å². The minimum Gasteiger partial charge on any atom is -0.481 e. The minimum absolute atomic E-state index is 0.159. The Morgan fingerprint density at radius 3 is 2.63 bits per heavy atom. The molecule has 5 heteroatoms. The van der Waals surface area contributed by atoms with Crippen LogP contribution in [0.25, 0.3) is 0 Å². The number of hydrogen-bond donors (Lipinski definition) is 2. The highest BCUT2D eigenvalue weighted by Crippen LogP contribution is 2.15. The summed E-state index contributed by atoms with van der Waals surface area (Å²) < 4.78 is 0. The Bertz CT molecular complexity index is 448. The normalized spacial score (nSPS) is 11.9. The number of aliphatic carboxylic acids is 1. The molecule has 1 aromatic carbocycles. The van der Waals surface area contributed by atoms with Crippen molar-refractivity contribution in [1.29, 1.82) is 0 Å². The first-order valence-corrected chi connectivity index (χ1v) is 6.65. The van der Waals surface area contributed by atoms with Crippen LogP contribution >= 0.6 is 11.6 Å². The van der Waals surface area contributed by atoms with Gasteiger partial charge in [0.05, 0.1) is 12.3 Å². The lowest BCUT2D eigenvalue weighted by Crippen LogP contribution is -2.33. The highest BCUT2D eigenvalue weighted by atomic mass is 35.5.